The second-order valence-electron chi connectivity index (χ2n) is 0.285. The zero-order valence-corrected chi connectivity index (χ0v) is 6.55. The molecule has 0 aliphatic heterocycles. The minimum atomic E-state index is 1.16. The summed E-state index contributed by atoms with van der Waals surface area (Å²) in [5, 5.41) is 14.7. The van der Waals surface area contributed by atoms with E-state index in [2.05, 4.69) is 44.2 Å². The lowest BCUT2D eigenvalue weighted by atomic mass is 11.3. The Morgan fingerprint density at radius 3 is 0.909 bits per heavy atom. The van der Waals surface area contributed by atoms with E-state index in [1.165, 1.54) is 0 Å². The molecule has 0 saturated heterocycles. The highest BCUT2D eigenvalue weighted by Crippen LogP contribution is 1.50. The van der Waals surface area contributed by atoms with E-state index in [0.717, 1.165) is 12.5 Å². The molecule has 60 valence electrons. The van der Waals surface area contributed by atoms with Gasteiger partial charge in [0.1, 0.15) is 0 Å². The molecule has 0 aromatic heterocycles. The molecule has 0 aliphatic carbocycles. The van der Waals surface area contributed by atoms with Crippen LogP contribution in [0.5, 0.6) is 0 Å². The molecule has 0 saturated carbocycles. The number of hydrogen-bond donors (Lipinski definition) is 0. The number of rotatable bonds is 0. The first-order chi connectivity index (χ1) is 5.41. The molecule has 0 atom stereocenters. The number of hydrogen-bond acceptors (Lipinski definition) is 3. The Hall–Kier alpha value is -2.00. The first-order valence-electron chi connectivity index (χ1n) is 2.36. The SMILES string of the molecule is C=C.C=C.C=C.N#COC#N. The zero-order chi connectivity index (χ0) is 10.1. The molecule has 0 aliphatic rings. The van der Waals surface area contributed by atoms with Crippen molar-refractivity contribution in [3.05, 3.63) is 39.5 Å². The van der Waals surface area contributed by atoms with E-state index in [1.54, 1.807) is 0 Å². The highest BCUT2D eigenvalue weighted by atomic mass is 16.5. The van der Waals surface area contributed by atoms with Gasteiger partial charge in [-0.3, -0.25) is 0 Å². The third-order valence-electron chi connectivity index (χ3n) is 0.0913. The van der Waals surface area contributed by atoms with Gasteiger partial charge in [0, 0.05) is 0 Å². The van der Waals surface area contributed by atoms with E-state index >= 15 is 0 Å². The van der Waals surface area contributed by atoms with Crippen molar-refractivity contribution in [1.82, 2.24) is 0 Å². The molecule has 0 aromatic rings. The molecule has 0 unspecified atom stereocenters. The molecule has 0 fully saturated rings. The third-order valence-corrected chi connectivity index (χ3v) is 0.0913. The molecule has 0 spiro atoms. The lowest BCUT2D eigenvalue weighted by Gasteiger charge is -1.55. The van der Waals surface area contributed by atoms with Gasteiger partial charge >= 0.3 is 12.5 Å². The summed E-state index contributed by atoms with van der Waals surface area (Å²) in [4.78, 5) is 0. The number of nitrogens with zero attached hydrogens (tertiary/aromatic N) is 2. The summed E-state index contributed by atoms with van der Waals surface area (Å²) in [6, 6.07) is 0. The van der Waals surface area contributed by atoms with Crippen LogP contribution in [-0.4, -0.2) is 0 Å². The van der Waals surface area contributed by atoms with Crippen LogP contribution in [0, 0.1) is 23.0 Å². The number of ether oxygens (including phenoxy) is 1. The van der Waals surface area contributed by atoms with E-state index in [-0.39, 0.29) is 0 Å². The molecule has 0 rings (SSSR count). The maximum Gasteiger partial charge on any atom is 0.303 e. The Morgan fingerprint density at radius 1 is 0.727 bits per heavy atom. The van der Waals surface area contributed by atoms with Crippen molar-refractivity contribution in [2.24, 2.45) is 0 Å². The van der Waals surface area contributed by atoms with Crippen LogP contribution in [0.2, 0.25) is 0 Å². The summed E-state index contributed by atoms with van der Waals surface area (Å²) in [5.41, 5.74) is 0. The third kappa shape index (κ3) is 0. The van der Waals surface area contributed by atoms with Gasteiger partial charge in [0.2, 0.25) is 0 Å². The highest BCUT2D eigenvalue weighted by molar-refractivity contribution is 4.58. The van der Waals surface area contributed by atoms with Crippen molar-refractivity contribution in [3.63, 3.8) is 0 Å². The fourth-order valence-corrected chi connectivity index (χ4v) is 0.0204. The van der Waals surface area contributed by atoms with Crippen LogP contribution in [0.25, 0.3) is 0 Å². The number of nitriles is 2. The van der Waals surface area contributed by atoms with Gasteiger partial charge in [-0.1, -0.05) is 0 Å². The van der Waals surface area contributed by atoms with Gasteiger partial charge in [0.05, 0.1) is 0 Å². The summed E-state index contributed by atoms with van der Waals surface area (Å²) in [6.07, 6.45) is 2.31. The van der Waals surface area contributed by atoms with Gasteiger partial charge in [0.15, 0.2) is 0 Å². The normalized spacial score (nSPS) is 2.73. The van der Waals surface area contributed by atoms with Crippen LogP contribution in [-0.2, 0) is 4.74 Å². The Bertz CT molecular complexity index is 104. The van der Waals surface area contributed by atoms with Gasteiger partial charge in [-0.15, -0.1) is 50.0 Å². The van der Waals surface area contributed by atoms with Gasteiger partial charge in [0.25, 0.3) is 0 Å². The lowest BCUT2D eigenvalue weighted by molar-refractivity contribution is 0.455. The average molecular weight is 152 g/mol. The van der Waals surface area contributed by atoms with Crippen LogP contribution in [0.3, 0.4) is 0 Å². The quantitative estimate of drug-likeness (QED) is 0.395. The Balaban J connectivity index is -0.0000000350. The van der Waals surface area contributed by atoms with Gasteiger partial charge in [-0.05, 0) is 0 Å². The smallest absolute Gasteiger partial charge is 0.303 e. The molecular weight excluding hydrogens is 140 g/mol. The lowest BCUT2D eigenvalue weighted by Crippen LogP contribution is -1.55. The summed E-state index contributed by atoms with van der Waals surface area (Å²) in [6.45, 7) is 18.0. The van der Waals surface area contributed by atoms with Crippen molar-refractivity contribution >= 4 is 0 Å². The van der Waals surface area contributed by atoms with E-state index in [1.807, 2.05) is 0 Å². The minimum absolute atomic E-state index is 1.16. The Morgan fingerprint density at radius 2 is 0.909 bits per heavy atom. The van der Waals surface area contributed by atoms with Crippen molar-refractivity contribution in [2.75, 3.05) is 0 Å². The molecule has 0 bridgehead atoms. The first-order valence-corrected chi connectivity index (χ1v) is 2.36. The topological polar surface area (TPSA) is 56.8 Å². The van der Waals surface area contributed by atoms with Crippen LogP contribution in [0.4, 0.5) is 0 Å². The van der Waals surface area contributed by atoms with Crippen molar-refractivity contribution in [2.45, 2.75) is 0 Å². The van der Waals surface area contributed by atoms with Crippen LogP contribution >= 0.6 is 0 Å². The average Bonchev–Trinajstić information content (AvgIpc) is 2.16. The minimum Gasteiger partial charge on any atom is -0.308 e. The zero-order valence-electron chi connectivity index (χ0n) is 6.55. The monoisotopic (exact) mass is 152 g/mol. The van der Waals surface area contributed by atoms with Crippen molar-refractivity contribution in [3.8, 4) is 12.5 Å². The molecule has 11 heavy (non-hydrogen) atoms. The largest absolute Gasteiger partial charge is 0.308 e. The molecule has 0 N–H and O–H groups in total. The molecule has 0 heterocycles. The van der Waals surface area contributed by atoms with Crippen molar-refractivity contribution in [1.29, 1.82) is 10.5 Å². The standard InChI is InChI=1S/C2N2O.3C2H4/c3-1-5-2-4;3*1-2/h;3*1-2H2. The summed E-state index contributed by atoms with van der Waals surface area (Å²) in [7, 11) is 0. The predicted octanol–water partition coefficient (Wildman–Crippen LogP) is 2.37. The predicted molar refractivity (Wildman–Crippen MR) is 46.1 cm³/mol. The first kappa shape index (κ1) is 23.0. The van der Waals surface area contributed by atoms with E-state index in [4.69, 9.17) is 10.5 Å². The molecule has 3 nitrogen and oxygen atoms in total. The Kier molecular flexibility index (Phi) is 821. The van der Waals surface area contributed by atoms with Gasteiger partial charge < -0.3 is 4.74 Å². The highest BCUT2D eigenvalue weighted by Gasteiger charge is 1.57. The fourth-order valence-electron chi connectivity index (χ4n) is 0.0204. The molecule has 0 aromatic carbocycles. The fraction of sp³-hybridized carbons (Fsp3) is 0. The molecule has 0 amide bonds. The molecule has 3 heteroatoms. The summed E-state index contributed by atoms with van der Waals surface area (Å²) >= 11 is 0. The maximum absolute atomic E-state index is 7.37. The van der Waals surface area contributed by atoms with Gasteiger partial charge in [-0.25, -0.2) is 0 Å². The van der Waals surface area contributed by atoms with Gasteiger partial charge in [-0.2, -0.15) is 0 Å². The second kappa shape index (κ2) is 392. The molecule has 0 radical (unpaired) electrons. The summed E-state index contributed by atoms with van der Waals surface area (Å²) < 4.78 is 3.44. The second-order valence-corrected chi connectivity index (χ2v) is 0.285. The maximum atomic E-state index is 7.37. The van der Waals surface area contributed by atoms with Crippen molar-refractivity contribution < 1.29 is 4.74 Å². The van der Waals surface area contributed by atoms with E-state index in [0.29, 0.717) is 0 Å². The van der Waals surface area contributed by atoms with Crippen LogP contribution in [0.1, 0.15) is 0 Å². The van der Waals surface area contributed by atoms with Crippen LogP contribution < -0.4 is 0 Å². The van der Waals surface area contributed by atoms with E-state index in [9.17, 15) is 0 Å². The summed E-state index contributed by atoms with van der Waals surface area (Å²) in [5.74, 6) is 0. The van der Waals surface area contributed by atoms with Crippen LogP contribution in [0.15, 0.2) is 39.5 Å². The Labute approximate surface area is 68.1 Å². The molecular formula is C8H12N2O. The van der Waals surface area contributed by atoms with E-state index < -0.39 is 0 Å².